The number of aliphatic hydroxyl groups excluding tert-OH is 2. The van der Waals surface area contributed by atoms with Gasteiger partial charge in [0.25, 0.3) is 0 Å². The Bertz CT molecular complexity index is 4310. The highest BCUT2D eigenvalue weighted by Crippen LogP contribution is 2.27. The smallest absolute Gasteiger partial charge is 0.303 e. The number of likely N-dealkylation sites (tertiary alicyclic amines) is 1. The number of aliphatic carboxylic acids is 1. The van der Waals surface area contributed by atoms with Crippen molar-refractivity contribution in [3.8, 4) is 5.75 Å². The number of phenols is 1. The van der Waals surface area contributed by atoms with Crippen molar-refractivity contribution in [2.45, 2.75) is 183 Å². The summed E-state index contributed by atoms with van der Waals surface area (Å²) in [6.45, 7) is 2.41. The first-order valence-electron chi connectivity index (χ1n) is 38.4. The van der Waals surface area contributed by atoms with Crippen LogP contribution in [0.3, 0.4) is 0 Å². The van der Waals surface area contributed by atoms with Crippen LogP contribution in [0.5, 0.6) is 5.75 Å². The molecule has 118 heavy (non-hydrogen) atoms. The van der Waals surface area contributed by atoms with E-state index in [1.54, 1.807) is 74.6 Å². The van der Waals surface area contributed by atoms with Gasteiger partial charge in [-0.25, -0.2) is 4.98 Å². The van der Waals surface area contributed by atoms with Crippen LogP contribution in [0.15, 0.2) is 97.6 Å². The lowest BCUT2D eigenvalue weighted by Crippen LogP contribution is -2.62. The van der Waals surface area contributed by atoms with E-state index in [1.165, 1.54) is 41.7 Å². The molecule has 26 N–H and O–H groups in total. The zero-order valence-corrected chi connectivity index (χ0v) is 67.0. The molecule has 13 atom stereocenters. The first-order chi connectivity index (χ1) is 56.4. The molecule has 2 fully saturated rings. The van der Waals surface area contributed by atoms with Gasteiger partial charge in [0.05, 0.1) is 25.2 Å². The van der Waals surface area contributed by atoms with E-state index in [4.69, 9.17) is 22.6 Å². The predicted molar refractivity (Wildman–Crippen MR) is 432 cm³/mol. The van der Waals surface area contributed by atoms with Crippen molar-refractivity contribution in [3.63, 3.8) is 0 Å². The lowest BCUT2D eigenvalue weighted by Gasteiger charge is -2.31. The van der Waals surface area contributed by atoms with Crippen molar-refractivity contribution < 1.29 is 92.3 Å². The zero-order valence-electron chi connectivity index (χ0n) is 65.3. The summed E-state index contributed by atoms with van der Waals surface area (Å²) in [6.07, 6.45) is 2.13. The van der Waals surface area contributed by atoms with Crippen LogP contribution in [0.25, 0.3) is 10.9 Å². The predicted octanol–water partition coefficient (Wildman–Crippen LogP) is -4.53. The molecule has 2 aromatic heterocycles. The molecule has 640 valence electrons. The summed E-state index contributed by atoms with van der Waals surface area (Å²) in [5, 5.41) is 82.9. The Labute approximate surface area is 686 Å². The third-order valence-electron chi connectivity index (χ3n) is 19.3. The monoisotopic (exact) mass is 1680 g/mol. The largest absolute Gasteiger partial charge is 0.508 e. The van der Waals surface area contributed by atoms with Gasteiger partial charge in [0.2, 0.25) is 82.7 Å². The number of imidazole rings is 1. The van der Waals surface area contributed by atoms with Crippen LogP contribution in [0, 0.1) is 11.3 Å². The molecule has 7 rings (SSSR count). The summed E-state index contributed by atoms with van der Waals surface area (Å²) in [5.41, 5.74) is 19.3. The maximum absolute atomic E-state index is 15.7. The molecule has 3 aromatic carbocycles. The Hall–Kier alpha value is -11.9. The van der Waals surface area contributed by atoms with Crippen molar-refractivity contribution in [1.29, 1.82) is 5.41 Å². The summed E-state index contributed by atoms with van der Waals surface area (Å²) in [6, 6.07) is -0.535. The molecule has 40 nitrogen and oxygen atoms in total. The molecule has 5 aromatic rings. The number of amides is 14. The molecule has 3 unspecified atom stereocenters. The van der Waals surface area contributed by atoms with Crippen LogP contribution in [-0.2, 0) is 97.6 Å². The second-order valence-corrected chi connectivity index (χ2v) is 31.3. The number of aliphatic hydroxyl groups is 2. The lowest BCUT2D eigenvalue weighted by molar-refractivity contribution is -0.142. The van der Waals surface area contributed by atoms with E-state index in [9.17, 15) is 58.8 Å². The number of rotatable bonds is 35. The number of carboxylic acid groups (broad SMARTS) is 1. The number of carbonyl (C=O) groups excluding carboxylic acids is 14. The number of carboxylic acids is 1. The number of nitrogens with two attached hydrogens (primary N) is 3. The molecule has 4 heterocycles. The maximum atomic E-state index is 15.7. The van der Waals surface area contributed by atoms with Gasteiger partial charge < -0.3 is 122 Å². The van der Waals surface area contributed by atoms with Gasteiger partial charge in [0.1, 0.15) is 84.3 Å². The molecule has 14 amide bonds. The molecule has 2 aliphatic heterocycles. The van der Waals surface area contributed by atoms with Crippen LogP contribution in [-0.4, -0.2) is 258 Å². The fourth-order valence-corrected chi connectivity index (χ4v) is 15.4. The highest BCUT2D eigenvalue weighted by atomic mass is 33.1. The molecule has 0 aliphatic carbocycles. The Morgan fingerprint density at radius 1 is 0.627 bits per heavy atom. The number of H-pyrrole nitrogens is 2. The van der Waals surface area contributed by atoms with Crippen molar-refractivity contribution in [2.24, 2.45) is 23.1 Å². The highest BCUT2D eigenvalue weighted by molar-refractivity contribution is 8.76. The van der Waals surface area contributed by atoms with Gasteiger partial charge in [-0.05, 0) is 98.7 Å². The van der Waals surface area contributed by atoms with Crippen LogP contribution in [0.1, 0.15) is 101 Å². The number of aromatic amines is 2. The average Bonchev–Trinajstić information content (AvgIpc) is 1.64. The molecule has 0 spiro atoms. The minimum Gasteiger partial charge on any atom is -0.508 e. The third kappa shape index (κ3) is 29.1. The van der Waals surface area contributed by atoms with E-state index in [-0.39, 0.29) is 82.4 Å². The summed E-state index contributed by atoms with van der Waals surface area (Å²) in [5.74, 6) is -17.7. The van der Waals surface area contributed by atoms with E-state index < -0.39 is 223 Å². The Kier molecular flexibility index (Phi) is 37.0. The normalized spacial score (nSPS) is 20.6. The van der Waals surface area contributed by atoms with Crippen LogP contribution in [0.4, 0.5) is 0 Å². The van der Waals surface area contributed by atoms with Gasteiger partial charge in [-0.1, -0.05) is 96.1 Å². The van der Waals surface area contributed by atoms with E-state index in [0.29, 0.717) is 40.4 Å². The maximum Gasteiger partial charge on any atom is 0.303 e. The first-order valence-corrected chi connectivity index (χ1v) is 40.9. The van der Waals surface area contributed by atoms with E-state index in [1.807, 2.05) is 0 Å². The second-order valence-electron chi connectivity index (χ2n) is 28.7. The number of primary amides is 1. The third-order valence-corrected chi connectivity index (χ3v) is 21.8. The number of aromatic nitrogens is 3. The quantitative estimate of drug-likeness (QED) is 0.00786. The zero-order chi connectivity index (χ0) is 86.1. The van der Waals surface area contributed by atoms with Crippen LogP contribution < -0.4 is 86.3 Å². The number of guanidine groups is 1. The number of fused-ring (bicyclic) bond motifs is 1. The Morgan fingerprint density at radius 3 is 1.85 bits per heavy atom. The molecule has 2 saturated heterocycles. The second kappa shape index (κ2) is 46.7. The number of nitrogens with zero attached hydrogens (tertiary/aromatic N) is 2. The van der Waals surface area contributed by atoms with E-state index in [0.717, 1.165) is 28.5 Å². The van der Waals surface area contributed by atoms with Crippen molar-refractivity contribution in [2.75, 3.05) is 44.4 Å². The number of hydrogen-bond donors (Lipinski definition) is 23. The Balaban J connectivity index is 1.35. The fraction of sp³-hybridized carbons (Fsp3) is 0.487. The molecular weight excluding hydrogens is 1580 g/mol. The number of benzene rings is 3. The fourth-order valence-electron chi connectivity index (χ4n) is 13.0. The first kappa shape index (κ1) is 93.3. The molecule has 0 bridgehead atoms. The highest BCUT2D eigenvalue weighted by Gasteiger charge is 2.42. The standard InChI is InChI=1S/C76H105N21O19S2/c1-40(2)62(63(78)104)96-74(115)60-19-12-28-97(60)75(116)51(17-9-10-26-77)88-73(114)59-38-118-117-37-58(95-71(112)57(36-99)93-67(108)53(30-43-20-22-46(101)23-21-43)90-70(111)56(35-98)85-41(3)100)72(113)87-50(24-25-61(102)103)65(106)92-55(32-45-34-81-39-84-45)69(110)89-52(29-42-13-5-4-6-14-42)66(107)86-49(18-11-27-82-76(79)80)64(105)91-54(68(109)94-59)31-44-33-83-48-16-8-7-15-47(44)48/h4-8,13-16,20-23,33-34,39-40,49-60,62,83,98-99,101H,9-12,17-19,24-32,35-38,77H2,1-3H3,(H2,78,104)(H,81,84)(H,85,100)(H,86,107)(H,87,113)(H,88,114)(H,89,110)(H,90,111)(H,91,105)(H,92,106)(H,93,108)(H,94,109)(H,95,112)(H,96,115)(H,102,103)(H4,79,80,82)/t49-,50-,51-,52-,53-,54?,55-,56-,57-,58?,59?,60-,62-/m0/s1. The Morgan fingerprint density at radius 2 is 1.22 bits per heavy atom. The minimum absolute atomic E-state index is 0.0132. The van der Waals surface area contributed by atoms with Gasteiger partial charge in [-0.3, -0.25) is 77.3 Å². The number of aromatic hydroxyl groups is 1. The van der Waals surface area contributed by atoms with Gasteiger partial charge in [0.15, 0.2) is 5.96 Å². The number of carbonyl (C=O) groups is 15. The topological polar surface area (TPSA) is 643 Å². The van der Waals surface area contributed by atoms with Crippen molar-refractivity contribution in [1.82, 2.24) is 89.0 Å². The van der Waals surface area contributed by atoms with Gasteiger partial charge in [0, 0.05) is 86.9 Å². The van der Waals surface area contributed by atoms with E-state index >= 15 is 33.6 Å². The summed E-state index contributed by atoms with van der Waals surface area (Å²) >= 11 is 0. The van der Waals surface area contributed by atoms with Crippen LogP contribution in [0.2, 0.25) is 0 Å². The molecule has 2 aliphatic rings. The summed E-state index contributed by atoms with van der Waals surface area (Å²) in [4.78, 5) is 227. The number of phenolic OH excluding ortho intramolecular Hbond substituents is 1. The minimum atomic E-state index is -2.02. The van der Waals surface area contributed by atoms with Gasteiger partial charge >= 0.3 is 5.97 Å². The SMILES string of the molecule is CC(=O)N[C@@H](CO)C(=O)N[C@@H](Cc1ccc(O)cc1)C(=O)N[C@@H](CO)C(=O)NC1CSSCC(C(=O)N[C@@H](CCCCN)C(=O)N2CCC[C@H]2C(=O)N[C@H](C(N)=O)C(C)C)NC(=O)C(Cc2c[nH]c3ccccc23)NC(=O)[C@H](CCCNC(=N)N)NC(=O)[C@H](Cc2ccccc2)NC(=O)[C@H](Cc2c[nH]cn2)NC(=O)[C@H](CCC(=O)O)NC1=O. The van der Waals surface area contributed by atoms with Gasteiger partial charge in [-0.15, -0.1) is 0 Å². The lowest BCUT2D eigenvalue weighted by atomic mass is 10.0. The van der Waals surface area contributed by atoms with Crippen LogP contribution >= 0.6 is 21.6 Å². The van der Waals surface area contributed by atoms with Gasteiger partial charge in [-0.2, -0.15) is 0 Å². The molecule has 42 heteroatoms. The van der Waals surface area contributed by atoms with Crippen molar-refractivity contribution in [3.05, 3.63) is 120 Å². The van der Waals surface area contributed by atoms with E-state index in [2.05, 4.69) is 84.1 Å². The average molecular weight is 1680 g/mol. The number of hydrogen-bond acceptors (Lipinski definition) is 23. The number of nitrogens with one attached hydrogen (secondary N) is 16. The summed E-state index contributed by atoms with van der Waals surface area (Å²) < 4.78 is 0. The number of unbranched alkanes of at least 4 members (excludes halogenated alkanes) is 1. The molecule has 0 saturated carbocycles. The van der Waals surface area contributed by atoms with Crippen molar-refractivity contribution >= 4 is 127 Å². The number of para-hydroxylation sites is 1. The molecular formula is C76H105N21O19S2. The summed E-state index contributed by atoms with van der Waals surface area (Å²) in [7, 11) is 1.51. The molecule has 0 radical (unpaired) electrons.